The first-order valence-electron chi connectivity index (χ1n) is 19.3. The fourth-order valence-electron chi connectivity index (χ4n) is 9.50. The molecular formula is C53H35NO2. The average molecular weight is 718 g/mol. The van der Waals surface area contributed by atoms with Crippen molar-refractivity contribution in [3.8, 4) is 22.3 Å². The minimum atomic E-state index is -0.136. The van der Waals surface area contributed by atoms with Crippen molar-refractivity contribution in [3.05, 3.63) is 187 Å². The number of hydrogen-bond acceptors (Lipinski definition) is 3. The Morgan fingerprint density at radius 1 is 0.411 bits per heavy atom. The van der Waals surface area contributed by atoms with Gasteiger partial charge in [-0.3, -0.25) is 0 Å². The quantitative estimate of drug-likeness (QED) is 0.182. The largest absolute Gasteiger partial charge is 0.455 e. The zero-order valence-electron chi connectivity index (χ0n) is 31.0. The maximum absolute atomic E-state index is 6.98. The fourth-order valence-corrected chi connectivity index (χ4v) is 9.50. The zero-order chi connectivity index (χ0) is 37.1. The number of rotatable bonds is 4. The van der Waals surface area contributed by atoms with Crippen molar-refractivity contribution in [2.45, 2.75) is 19.3 Å². The summed E-state index contributed by atoms with van der Waals surface area (Å²) < 4.78 is 13.6. The molecule has 56 heavy (non-hydrogen) atoms. The van der Waals surface area contributed by atoms with Crippen molar-refractivity contribution in [1.29, 1.82) is 0 Å². The van der Waals surface area contributed by atoms with Gasteiger partial charge in [0.05, 0.1) is 11.4 Å². The van der Waals surface area contributed by atoms with Gasteiger partial charge in [-0.2, -0.15) is 0 Å². The van der Waals surface area contributed by atoms with E-state index in [9.17, 15) is 0 Å². The number of para-hydroxylation sites is 1. The van der Waals surface area contributed by atoms with Crippen LogP contribution in [0.3, 0.4) is 0 Å². The number of anilines is 3. The third-order valence-corrected chi connectivity index (χ3v) is 12.3. The minimum absolute atomic E-state index is 0.136. The summed E-state index contributed by atoms with van der Waals surface area (Å²) in [5.74, 6) is 0. The fraction of sp³-hybridized carbons (Fsp3) is 0.0566. The van der Waals surface area contributed by atoms with Crippen LogP contribution in [0.2, 0.25) is 0 Å². The number of fused-ring (bicyclic) bond motifs is 13. The number of nitrogens with zero attached hydrogens (tertiary/aromatic N) is 1. The second-order valence-corrected chi connectivity index (χ2v) is 15.6. The molecule has 2 heterocycles. The van der Waals surface area contributed by atoms with Gasteiger partial charge in [-0.05, 0) is 87.1 Å². The molecule has 0 saturated carbocycles. The van der Waals surface area contributed by atoms with Crippen LogP contribution in [0.4, 0.5) is 17.1 Å². The second-order valence-electron chi connectivity index (χ2n) is 15.6. The molecule has 264 valence electrons. The van der Waals surface area contributed by atoms with Gasteiger partial charge in [-0.15, -0.1) is 0 Å². The van der Waals surface area contributed by atoms with E-state index in [1.165, 1.54) is 33.0 Å². The summed E-state index contributed by atoms with van der Waals surface area (Å²) in [6.45, 7) is 4.68. The van der Waals surface area contributed by atoms with Crippen LogP contribution in [0.25, 0.3) is 87.7 Å². The third-order valence-electron chi connectivity index (χ3n) is 12.3. The summed E-state index contributed by atoms with van der Waals surface area (Å²) in [6, 6.07) is 63.4. The van der Waals surface area contributed by atoms with Crippen LogP contribution in [0.1, 0.15) is 25.0 Å². The van der Waals surface area contributed by atoms with Crippen molar-refractivity contribution in [2.24, 2.45) is 0 Å². The first-order valence-corrected chi connectivity index (χ1v) is 19.3. The van der Waals surface area contributed by atoms with E-state index in [1.54, 1.807) is 0 Å². The molecule has 1 aliphatic rings. The third kappa shape index (κ3) is 4.34. The summed E-state index contributed by atoms with van der Waals surface area (Å²) in [4.78, 5) is 2.40. The molecule has 0 unspecified atom stereocenters. The van der Waals surface area contributed by atoms with Gasteiger partial charge >= 0.3 is 0 Å². The first kappa shape index (κ1) is 31.3. The van der Waals surface area contributed by atoms with E-state index in [1.807, 2.05) is 0 Å². The molecule has 0 aliphatic heterocycles. The van der Waals surface area contributed by atoms with E-state index in [0.717, 1.165) is 82.8 Å². The van der Waals surface area contributed by atoms with Gasteiger partial charge in [0.1, 0.15) is 16.7 Å². The molecule has 2 aromatic heterocycles. The van der Waals surface area contributed by atoms with Crippen LogP contribution < -0.4 is 4.90 Å². The van der Waals surface area contributed by atoms with Crippen LogP contribution in [0, 0.1) is 0 Å². The Bertz CT molecular complexity index is 3400. The molecule has 0 atom stereocenters. The Morgan fingerprint density at radius 3 is 1.77 bits per heavy atom. The van der Waals surface area contributed by atoms with E-state index < -0.39 is 0 Å². The van der Waals surface area contributed by atoms with Gasteiger partial charge in [-0.25, -0.2) is 0 Å². The Hall–Kier alpha value is -7.10. The van der Waals surface area contributed by atoms with Gasteiger partial charge in [0.2, 0.25) is 0 Å². The number of benzene rings is 9. The number of furan rings is 2. The lowest BCUT2D eigenvalue weighted by Gasteiger charge is -2.29. The van der Waals surface area contributed by atoms with E-state index in [2.05, 4.69) is 195 Å². The molecule has 0 spiro atoms. The van der Waals surface area contributed by atoms with E-state index >= 15 is 0 Å². The summed E-state index contributed by atoms with van der Waals surface area (Å²) in [5, 5.41) is 9.10. The lowest BCUT2D eigenvalue weighted by Crippen LogP contribution is -2.16. The summed E-state index contributed by atoms with van der Waals surface area (Å²) in [6.07, 6.45) is 0. The van der Waals surface area contributed by atoms with Crippen molar-refractivity contribution >= 4 is 82.5 Å². The van der Waals surface area contributed by atoms with Gasteiger partial charge in [0, 0.05) is 49.0 Å². The topological polar surface area (TPSA) is 29.5 Å². The minimum Gasteiger partial charge on any atom is -0.455 e. The Morgan fingerprint density at radius 2 is 0.982 bits per heavy atom. The highest BCUT2D eigenvalue weighted by molar-refractivity contribution is 6.18. The van der Waals surface area contributed by atoms with Crippen molar-refractivity contribution in [3.63, 3.8) is 0 Å². The molecule has 9 aromatic carbocycles. The van der Waals surface area contributed by atoms with Gasteiger partial charge < -0.3 is 13.7 Å². The SMILES string of the molecule is CC1(C)c2ccccc2-c2c(N(c3ccc(-c4ccc5c(c4)oc4c6ccccc6ccc54)cc3)c3cccc4c3oc3c5ccccc5ccc43)cccc21. The smallest absolute Gasteiger partial charge is 0.159 e. The molecular weight excluding hydrogens is 683 g/mol. The first-order chi connectivity index (χ1) is 27.5. The molecule has 0 radical (unpaired) electrons. The highest BCUT2D eigenvalue weighted by Crippen LogP contribution is 2.55. The summed E-state index contributed by atoms with van der Waals surface area (Å²) in [5.41, 5.74) is 14.1. The van der Waals surface area contributed by atoms with Crippen LogP contribution in [-0.2, 0) is 5.41 Å². The molecule has 3 nitrogen and oxygen atoms in total. The van der Waals surface area contributed by atoms with Crippen LogP contribution >= 0.6 is 0 Å². The summed E-state index contributed by atoms with van der Waals surface area (Å²) in [7, 11) is 0. The standard InChI is InChI=1S/C53H35NO2/c1-53(2)44-17-8-7-15-43(44)49-45(53)18-10-19-46(49)54(47-20-9-16-40-42-30-24-34-12-4-6-14-38(34)51(42)56-52(40)47)36-26-21-32(22-27-36)35-25-28-39-41-29-23-33-11-3-5-13-37(33)50(41)55-48(39)31-35/h3-31H,1-2H3. The van der Waals surface area contributed by atoms with Crippen molar-refractivity contribution < 1.29 is 8.83 Å². The van der Waals surface area contributed by atoms with Crippen LogP contribution in [0.15, 0.2) is 185 Å². The highest BCUT2D eigenvalue weighted by Gasteiger charge is 2.38. The zero-order valence-corrected chi connectivity index (χ0v) is 31.0. The molecule has 0 bridgehead atoms. The predicted molar refractivity (Wildman–Crippen MR) is 234 cm³/mol. The molecule has 0 amide bonds. The predicted octanol–water partition coefficient (Wildman–Crippen LogP) is 15.2. The Balaban J connectivity index is 1.06. The molecule has 11 aromatic rings. The molecule has 1 aliphatic carbocycles. The van der Waals surface area contributed by atoms with E-state index in [0.29, 0.717) is 0 Å². The monoisotopic (exact) mass is 717 g/mol. The maximum atomic E-state index is 6.98. The summed E-state index contributed by atoms with van der Waals surface area (Å²) >= 11 is 0. The van der Waals surface area contributed by atoms with Gasteiger partial charge in [-0.1, -0.05) is 141 Å². The van der Waals surface area contributed by atoms with Crippen LogP contribution in [0.5, 0.6) is 0 Å². The maximum Gasteiger partial charge on any atom is 0.159 e. The lowest BCUT2D eigenvalue weighted by atomic mass is 9.82. The molecule has 0 N–H and O–H groups in total. The van der Waals surface area contributed by atoms with Crippen LogP contribution in [-0.4, -0.2) is 0 Å². The van der Waals surface area contributed by atoms with Crippen molar-refractivity contribution in [1.82, 2.24) is 0 Å². The molecule has 0 fully saturated rings. The molecule has 12 rings (SSSR count). The van der Waals surface area contributed by atoms with E-state index in [4.69, 9.17) is 8.83 Å². The number of hydrogen-bond donors (Lipinski definition) is 0. The normalized spacial score (nSPS) is 13.3. The van der Waals surface area contributed by atoms with Gasteiger partial charge in [0.15, 0.2) is 5.58 Å². The highest BCUT2D eigenvalue weighted by atomic mass is 16.3. The van der Waals surface area contributed by atoms with Gasteiger partial charge in [0.25, 0.3) is 0 Å². The average Bonchev–Trinajstić information content (AvgIpc) is 3.90. The Labute approximate surface area is 323 Å². The lowest BCUT2D eigenvalue weighted by molar-refractivity contribution is 0.660. The van der Waals surface area contributed by atoms with E-state index in [-0.39, 0.29) is 5.41 Å². The Kier molecular flexibility index (Phi) is 6.40. The van der Waals surface area contributed by atoms with Crippen molar-refractivity contribution in [2.75, 3.05) is 4.90 Å². The molecule has 0 saturated heterocycles. The second kappa shape index (κ2) is 11.5. The molecule has 3 heteroatoms.